The fraction of sp³-hybridized carbons (Fsp3) is 0.846. The predicted octanol–water partition coefficient (Wildman–Crippen LogP) is 1.21. The summed E-state index contributed by atoms with van der Waals surface area (Å²) in [5, 5.41) is 2.72. The standard InChI is InChI=1S/C13H26N2O3/c1-9(2)8-11(13(17)18-4)15-12(16)7-5-6-10(3)14/h9-11H,5-8,14H2,1-4H3,(H,15,16)/t10?,11-/m0/s1. The average molecular weight is 258 g/mol. The summed E-state index contributed by atoms with van der Waals surface area (Å²) in [5.41, 5.74) is 5.61. The Kier molecular flexibility index (Phi) is 8.37. The van der Waals surface area contributed by atoms with Crippen LogP contribution in [0.25, 0.3) is 0 Å². The van der Waals surface area contributed by atoms with Crippen LogP contribution < -0.4 is 11.1 Å². The molecule has 0 aliphatic carbocycles. The van der Waals surface area contributed by atoms with Gasteiger partial charge in [0, 0.05) is 12.5 Å². The molecule has 0 fully saturated rings. The Balaban J connectivity index is 4.14. The minimum atomic E-state index is -0.544. The Morgan fingerprint density at radius 2 is 1.89 bits per heavy atom. The molecule has 0 saturated heterocycles. The van der Waals surface area contributed by atoms with Crippen LogP contribution in [-0.4, -0.2) is 31.1 Å². The monoisotopic (exact) mass is 258 g/mol. The van der Waals surface area contributed by atoms with E-state index in [0.717, 1.165) is 12.8 Å². The summed E-state index contributed by atoms with van der Waals surface area (Å²) in [7, 11) is 1.33. The highest BCUT2D eigenvalue weighted by Gasteiger charge is 2.22. The molecule has 0 aliphatic heterocycles. The van der Waals surface area contributed by atoms with E-state index in [1.54, 1.807) is 0 Å². The van der Waals surface area contributed by atoms with Gasteiger partial charge in [-0.05, 0) is 32.1 Å². The molecule has 1 amide bonds. The molecule has 0 aromatic heterocycles. The molecule has 2 atom stereocenters. The van der Waals surface area contributed by atoms with Crippen LogP contribution in [0.2, 0.25) is 0 Å². The van der Waals surface area contributed by atoms with Crippen molar-refractivity contribution in [1.29, 1.82) is 0 Å². The molecule has 5 nitrogen and oxygen atoms in total. The summed E-state index contributed by atoms with van der Waals surface area (Å²) in [6.07, 6.45) is 2.53. The SMILES string of the molecule is COC(=O)[C@H](CC(C)C)NC(=O)CCCC(C)N. The first-order chi connectivity index (χ1) is 8.36. The van der Waals surface area contributed by atoms with Crippen molar-refractivity contribution in [2.45, 2.75) is 58.5 Å². The van der Waals surface area contributed by atoms with Gasteiger partial charge in [-0.2, -0.15) is 0 Å². The normalized spacial score (nSPS) is 14.1. The molecular formula is C13H26N2O3. The quantitative estimate of drug-likeness (QED) is 0.641. The second kappa shape index (κ2) is 8.91. The maximum absolute atomic E-state index is 11.7. The second-order valence-corrected chi connectivity index (χ2v) is 5.14. The van der Waals surface area contributed by atoms with Gasteiger partial charge in [0.1, 0.15) is 6.04 Å². The molecule has 3 N–H and O–H groups in total. The number of amides is 1. The van der Waals surface area contributed by atoms with E-state index in [1.165, 1.54) is 7.11 Å². The number of hydrogen-bond donors (Lipinski definition) is 2. The Bertz CT molecular complexity index is 265. The fourth-order valence-corrected chi connectivity index (χ4v) is 1.68. The van der Waals surface area contributed by atoms with Crippen molar-refractivity contribution < 1.29 is 14.3 Å². The van der Waals surface area contributed by atoms with Crippen LogP contribution in [0.5, 0.6) is 0 Å². The molecule has 18 heavy (non-hydrogen) atoms. The summed E-state index contributed by atoms with van der Waals surface area (Å²) in [4.78, 5) is 23.2. The number of carbonyl (C=O) groups is 2. The van der Waals surface area contributed by atoms with Crippen LogP contribution in [0, 0.1) is 5.92 Å². The molecule has 0 aliphatic rings. The van der Waals surface area contributed by atoms with Gasteiger partial charge < -0.3 is 15.8 Å². The molecule has 0 aromatic carbocycles. The van der Waals surface area contributed by atoms with Crippen molar-refractivity contribution in [1.82, 2.24) is 5.32 Å². The molecule has 5 heteroatoms. The summed E-state index contributed by atoms with van der Waals surface area (Å²) in [6, 6.07) is -0.442. The largest absolute Gasteiger partial charge is 0.467 e. The fourth-order valence-electron chi connectivity index (χ4n) is 1.68. The number of ether oxygens (including phenoxy) is 1. The molecular weight excluding hydrogens is 232 g/mol. The summed E-state index contributed by atoms with van der Waals surface area (Å²) in [5.74, 6) is -0.186. The smallest absolute Gasteiger partial charge is 0.328 e. The number of esters is 1. The Labute approximate surface area is 109 Å². The number of methoxy groups -OCH3 is 1. The van der Waals surface area contributed by atoms with Gasteiger partial charge in [-0.3, -0.25) is 4.79 Å². The van der Waals surface area contributed by atoms with Gasteiger partial charge in [-0.15, -0.1) is 0 Å². The summed E-state index contributed by atoms with van der Waals surface area (Å²) in [6.45, 7) is 5.91. The van der Waals surface area contributed by atoms with Crippen molar-refractivity contribution in [3.8, 4) is 0 Å². The molecule has 0 aromatic rings. The third-order valence-electron chi connectivity index (χ3n) is 2.59. The topological polar surface area (TPSA) is 81.4 Å². The van der Waals surface area contributed by atoms with E-state index in [-0.39, 0.29) is 17.9 Å². The van der Waals surface area contributed by atoms with Gasteiger partial charge in [0.2, 0.25) is 5.91 Å². The first kappa shape index (κ1) is 16.9. The lowest BCUT2D eigenvalue weighted by atomic mass is 10.0. The third-order valence-corrected chi connectivity index (χ3v) is 2.59. The van der Waals surface area contributed by atoms with Crippen LogP contribution >= 0.6 is 0 Å². The van der Waals surface area contributed by atoms with Crippen molar-refractivity contribution in [3.63, 3.8) is 0 Å². The van der Waals surface area contributed by atoms with E-state index >= 15 is 0 Å². The first-order valence-corrected chi connectivity index (χ1v) is 6.49. The molecule has 0 saturated carbocycles. The number of nitrogens with one attached hydrogen (secondary N) is 1. The zero-order valence-electron chi connectivity index (χ0n) is 11.9. The maximum Gasteiger partial charge on any atom is 0.328 e. The highest BCUT2D eigenvalue weighted by Crippen LogP contribution is 2.07. The molecule has 0 radical (unpaired) electrons. The van der Waals surface area contributed by atoms with Crippen molar-refractivity contribution in [2.24, 2.45) is 11.7 Å². The zero-order valence-corrected chi connectivity index (χ0v) is 11.9. The van der Waals surface area contributed by atoms with Crippen molar-refractivity contribution in [3.05, 3.63) is 0 Å². The Hall–Kier alpha value is -1.10. The average Bonchev–Trinajstić information content (AvgIpc) is 2.25. The Morgan fingerprint density at radius 1 is 1.28 bits per heavy atom. The lowest BCUT2D eigenvalue weighted by molar-refractivity contribution is -0.145. The van der Waals surface area contributed by atoms with Gasteiger partial charge >= 0.3 is 5.97 Å². The van der Waals surface area contributed by atoms with Crippen molar-refractivity contribution in [2.75, 3.05) is 7.11 Å². The van der Waals surface area contributed by atoms with Crippen molar-refractivity contribution >= 4 is 11.9 Å². The van der Waals surface area contributed by atoms with E-state index in [9.17, 15) is 9.59 Å². The van der Waals surface area contributed by atoms with Gasteiger partial charge in [-0.25, -0.2) is 4.79 Å². The highest BCUT2D eigenvalue weighted by atomic mass is 16.5. The lowest BCUT2D eigenvalue weighted by Gasteiger charge is -2.18. The minimum absolute atomic E-state index is 0.102. The molecule has 106 valence electrons. The molecule has 1 unspecified atom stereocenters. The lowest BCUT2D eigenvalue weighted by Crippen LogP contribution is -2.42. The van der Waals surface area contributed by atoms with E-state index in [2.05, 4.69) is 10.1 Å². The number of hydrogen-bond acceptors (Lipinski definition) is 4. The minimum Gasteiger partial charge on any atom is -0.467 e. The van der Waals surface area contributed by atoms with Gasteiger partial charge in [0.25, 0.3) is 0 Å². The van der Waals surface area contributed by atoms with Gasteiger partial charge in [0.05, 0.1) is 7.11 Å². The zero-order chi connectivity index (χ0) is 14.1. The van der Waals surface area contributed by atoms with Crippen LogP contribution in [0.1, 0.15) is 46.5 Å². The number of rotatable bonds is 8. The Morgan fingerprint density at radius 3 is 2.33 bits per heavy atom. The van der Waals surface area contributed by atoms with Crippen LogP contribution in [0.4, 0.5) is 0 Å². The van der Waals surface area contributed by atoms with Gasteiger partial charge in [-0.1, -0.05) is 13.8 Å². The molecule has 0 spiro atoms. The number of nitrogens with two attached hydrogens (primary N) is 1. The molecule has 0 bridgehead atoms. The van der Waals surface area contributed by atoms with E-state index < -0.39 is 6.04 Å². The van der Waals surface area contributed by atoms with E-state index in [4.69, 9.17) is 5.73 Å². The number of carbonyl (C=O) groups excluding carboxylic acids is 2. The van der Waals surface area contributed by atoms with Crippen LogP contribution in [-0.2, 0) is 14.3 Å². The maximum atomic E-state index is 11.7. The first-order valence-electron chi connectivity index (χ1n) is 6.49. The van der Waals surface area contributed by atoms with Crippen LogP contribution in [0.15, 0.2) is 0 Å². The third kappa shape index (κ3) is 8.06. The molecule has 0 heterocycles. The van der Waals surface area contributed by atoms with E-state index in [1.807, 2.05) is 20.8 Å². The van der Waals surface area contributed by atoms with E-state index in [0.29, 0.717) is 18.8 Å². The van der Waals surface area contributed by atoms with Crippen LogP contribution in [0.3, 0.4) is 0 Å². The predicted molar refractivity (Wildman–Crippen MR) is 70.9 cm³/mol. The summed E-state index contributed by atoms with van der Waals surface area (Å²) >= 11 is 0. The van der Waals surface area contributed by atoms with Gasteiger partial charge in [0.15, 0.2) is 0 Å². The highest BCUT2D eigenvalue weighted by molar-refractivity contribution is 5.84. The second-order valence-electron chi connectivity index (χ2n) is 5.14. The summed E-state index contributed by atoms with van der Waals surface area (Å²) < 4.78 is 4.68. The molecule has 0 rings (SSSR count).